The minimum Gasteiger partial charge on any atom is -0.126 e. The van der Waals surface area contributed by atoms with Gasteiger partial charge < -0.3 is 0 Å². The van der Waals surface area contributed by atoms with Crippen molar-refractivity contribution in [2.75, 3.05) is 0 Å². The van der Waals surface area contributed by atoms with Crippen LogP contribution in [0.25, 0.3) is 0 Å². The summed E-state index contributed by atoms with van der Waals surface area (Å²) in [4.78, 5) is 0. The van der Waals surface area contributed by atoms with Gasteiger partial charge in [-0.1, -0.05) is 38.3 Å². The van der Waals surface area contributed by atoms with E-state index in [-0.39, 0.29) is 0 Å². The van der Waals surface area contributed by atoms with Crippen LogP contribution in [0.2, 0.25) is 23.2 Å². The Balaban J connectivity index is 2.90. The van der Waals surface area contributed by atoms with E-state index in [1.165, 1.54) is 18.1 Å². The largest absolute Gasteiger partial charge is 0.138 e. The van der Waals surface area contributed by atoms with Crippen molar-refractivity contribution in [3.8, 4) is 11.5 Å². The average Bonchev–Trinajstić information content (AvgIpc) is 2.34. The number of rotatable bonds is 3. The summed E-state index contributed by atoms with van der Waals surface area (Å²) >= 11 is 5.84. The highest BCUT2D eigenvalue weighted by Crippen LogP contribution is 2.19. The van der Waals surface area contributed by atoms with E-state index in [1.54, 1.807) is 0 Å². The van der Waals surface area contributed by atoms with E-state index in [2.05, 4.69) is 32.2 Å². The third-order valence-electron chi connectivity index (χ3n) is 3.35. The Morgan fingerprint density at radius 2 is 1.50 bits per heavy atom. The molecule has 0 saturated heterocycles. The lowest BCUT2D eigenvalue weighted by Gasteiger charge is -2.19. The molecule has 1 rings (SSSR count). The quantitative estimate of drug-likeness (QED) is 0.537. The van der Waals surface area contributed by atoms with Gasteiger partial charge in [-0.15, -0.1) is 5.54 Å². The summed E-state index contributed by atoms with van der Waals surface area (Å²) in [5.74, 6) is 3.32. The van der Waals surface area contributed by atoms with E-state index in [0.29, 0.717) is 0 Å². The van der Waals surface area contributed by atoms with Crippen LogP contribution in [0.1, 0.15) is 26.3 Å². The molecular weight excluding hydrogens is 232 g/mol. The molecule has 0 fully saturated rings. The van der Waals surface area contributed by atoms with Gasteiger partial charge in [0.25, 0.3) is 0 Å². The summed E-state index contributed by atoms with van der Waals surface area (Å²) in [5.41, 5.74) is 4.64. The van der Waals surface area contributed by atoms with Crippen LogP contribution in [0.5, 0.6) is 0 Å². The average molecular weight is 251 g/mol. The summed E-state index contributed by atoms with van der Waals surface area (Å²) in [6.45, 7) is 6.82. The molecule has 0 N–H and O–H groups in total. The Kier molecular flexibility index (Phi) is 5.11. The van der Waals surface area contributed by atoms with Crippen molar-refractivity contribution in [2.24, 2.45) is 0 Å². The first-order chi connectivity index (χ1) is 7.65. The highest BCUT2D eigenvalue weighted by atomic mass is 35.5. The highest BCUT2D eigenvalue weighted by molar-refractivity contribution is 6.87. The van der Waals surface area contributed by atoms with Crippen LogP contribution >= 0.6 is 11.6 Å². The van der Waals surface area contributed by atoms with Gasteiger partial charge in [0.1, 0.15) is 8.07 Å². The Hall–Kier alpha value is -0.713. The van der Waals surface area contributed by atoms with Gasteiger partial charge in [0.05, 0.1) is 0 Å². The first-order valence-electron chi connectivity index (χ1n) is 5.94. The fraction of sp³-hybridized carbons (Fsp3) is 0.429. The minimum absolute atomic E-state index is 0.774. The Bertz CT molecular complexity index is 371. The highest BCUT2D eigenvalue weighted by Gasteiger charge is 2.23. The van der Waals surface area contributed by atoms with Crippen molar-refractivity contribution >= 4 is 19.7 Å². The van der Waals surface area contributed by atoms with Crippen molar-refractivity contribution in [1.82, 2.24) is 0 Å². The minimum atomic E-state index is -1.31. The van der Waals surface area contributed by atoms with Crippen molar-refractivity contribution in [2.45, 2.75) is 38.9 Å². The zero-order valence-electron chi connectivity index (χ0n) is 10.3. The molecule has 0 heterocycles. The van der Waals surface area contributed by atoms with E-state index in [4.69, 9.17) is 11.6 Å². The van der Waals surface area contributed by atoms with Crippen molar-refractivity contribution in [3.63, 3.8) is 0 Å². The van der Waals surface area contributed by atoms with Gasteiger partial charge in [0.15, 0.2) is 0 Å². The third-order valence-corrected chi connectivity index (χ3v) is 8.31. The molecule has 0 atom stereocenters. The van der Waals surface area contributed by atoms with Gasteiger partial charge in [-0.2, -0.15) is 0 Å². The second-order valence-electron chi connectivity index (χ2n) is 4.10. The van der Waals surface area contributed by atoms with E-state index in [1.807, 2.05) is 24.3 Å². The fourth-order valence-electron chi connectivity index (χ4n) is 1.75. The summed E-state index contributed by atoms with van der Waals surface area (Å²) in [7, 11) is -1.31. The summed E-state index contributed by atoms with van der Waals surface area (Å²) < 4.78 is 0. The molecule has 0 aromatic heterocycles. The molecule has 0 nitrogen and oxygen atoms in total. The molecule has 1 aromatic rings. The van der Waals surface area contributed by atoms with Gasteiger partial charge in [0, 0.05) is 10.6 Å². The standard InChI is InChI=1S/C14H19ClSi/c1-4-16(5-2,6-3)12-11-13-7-9-14(15)10-8-13/h7-10H,4-6H2,1-3H3. The van der Waals surface area contributed by atoms with E-state index < -0.39 is 8.07 Å². The van der Waals surface area contributed by atoms with Crippen LogP contribution in [0, 0.1) is 11.5 Å². The summed E-state index contributed by atoms with van der Waals surface area (Å²) in [5, 5.41) is 0.774. The maximum Gasteiger partial charge on any atom is 0.138 e. The molecule has 0 aliphatic heterocycles. The molecule has 0 bridgehead atoms. The van der Waals surface area contributed by atoms with E-state index in [0.717, 1.165) is 10.6 Å². The predicted molar refractivity (Wildman–Crippen MR) is 75.5 cm³/mol. The number of benzene rings is 1. The molecule has 0 spiro atoms. The summed E-state index contributed by atoms with van der Waals surface area (Å²) in [6, 6.07) is 11.5. The first-order valence-corrected chi connectivity index (χ1v) is 8.94. The summed E-state index contributed by atoms with van der Waals surface area (Å²) in [6.07, 6.45) is 0. The smallest absolute Gasteiger partial charge is 0.126 e. The molecule has 0 saturated carbocycles. The maximum absolute atomic E-state index is 5.84. The lowest BCUT2D eigenvalue weighted by Crippen LogP contribution is -2.29. The SMILES string of the molecule is CC[Si](C#Cc1ccc(Cl)cc1)(CC)CC. The molecule has 86 valence electrons. The molecule has 0 aliphatic carbocycles. The van der Waals surface area contributed by atoms with Gasteiger partial charge in [-0.3, -0.25) is 0 Å². The van der Waals surface area contributed by atoms with Crippen LogP contribution in [0.4, 0.5) is 0 Å². The van der Waals surface area contributed by atoms with E-state index >= 15 is 0 Å². The lowest BCUT2D eigenvalue weighted by atomic mass is 10.2. The van der Waals surface area contributed by atoms with Crippen LogP contribution < -0.4 is 0 Å². The predicted octanol–water partition coefficient (Wildman–Crippen LogP) is 4.74. The number of halogens is 1. The van der Waals surface area contributed by atoms with Crippen molar-refractivity contribution in [3.05, 3.63) is 34.9 Å². The second kappa shape index (κ2) is 6.13. The maximum atomic E-state index is 5.84. The van der Waals surface area contributed by atoms with Crippen LogP contribution in [-0.4, -0.2) is 8.07 Å². The molecule has 2 heteroatoms. The first kappa shape index (κ1) is 13.4. The normalized spacial score (nSPS) is 10.8. The van der Waals surface area contributed by atoms with Crippen molar-refractivity contribution < 1.29 is 0 Å². The zero-order valence-corrected chi connectivity index (χ0v) is 12.1. The zero-order chi connectivity index (χ0) is 12.0. The Morgan fingerprint density at radius 1 is 1.00 bits per heavy atom. The molecule has 16 heavy (non-hydrogen) atoms. The molecule has 0 amide bonds. The molecule has 0 unspecified atom stereocenters. The van der Waals surface area contributed by atoms with Gasteiger partial charge in [-0.05, 0) is 42.4 Å². The molecule has 1 aromatic carbocycles. The van der Waals surface area contributed by atoms with Crippen LogP contribution in [-0.2, 0) is 0 Å². The topological polar surface area (TPSA) is 0 Å². The van der Waals surface area contributed by atoms with Gasteiger partial charge in [-0.25, -0.2) is 0 Å². The fourth-order valence-corrected chi connectivity index (χ4v) is 4.32. The van der Waals surface area contributed by atoms with Crippen LogP contribution in [0.3, 0.4) is 0 Å². The number of hydrogen-bond donors (Lipinski definition) is 0. The van der Waals surface area contributed by atoms with Gasteiger partial charge >= 0.3 is 0 Å². The monoisotopic (exact) mass is 250 g/mol. The van der Waals surface area contributed by atoms with Crippen LogP contribution in [0.15, 0.2) is 24.3 Å². The third kappa shape index (κ3) is 3.40. The van der Waals surface area contributed by atoms with Gasteiger partial charge in [0.2, 0.25) is 0 Å². The molecule has 0 radical (unpaired) electrons. The van der Waals surface area contributed by atoms with E-state index in [9.17, 15) is 0 Å². The Morgan fingerprint density at radius 3 is 1.94 bits per heavy atom. The lowest BCUT2D eigenvalue weighted by molar-refractivity contribution is 1.20. The molecule has 0 aliphatic rings. The second-order valence-corrected chi connectivity index (χ2v) is 9.47. The Labute approximate surface area is 105 Å². The van der Waals surface area contributed by atoms with Crippen molar-refractivity contribution in [1.29, 1.82) is 0 Å². The number of hydrogen-bond acceptors (Lipinski definition) is 0. The molecular formula is C14H19ClSi.